The second-order valence-electron chi connectivity index (χ2n) is 3.21. The van der Waals surface area contributed by atoms with Crippen molar-refractivity contribution in [2.45, 2.75) is 32.4 Å². The zero-order valence-corrected chi connectivity index (χ0v) is 7.42. The lowest BCUT2D eigenvalue weighted by Crippen LogP contribution is -2.53. The monoisotopic (exact) mass is 174 g/mol. The summed E-state index contributed by atoms with van der Waals surface area (Å²) in [6.07, 6.45) is 0. The maximum atomic E-state index is 11.0. The van der Waals surface area contributed by atoms with Crippen molar-refractivity contribution < 1.29 is 14.7 Å². The Morgan fingerprint density at radius 2 is 1.92 bits per heavy atom. The number of amides is 1. The first-order valence-electron chi connectivity index (χ1n) is 3.58. The average molecular weight is 174 g/mol. The van der Waals surface area contributed by atoms with Gasteiger partial charge in [0.05, 0.1) is 6.04 Å². The summed E-state index contributed by atoms with van der Waals surface area (Å²) < 4.78 is 0. The Hall–Kier alpha value is -1.10. The van der Waals surface area contributed by atoms with Crippen LogP contribution in [0, 0.1) is 0 Å². The standard InChI is InChI=1S/C7H14N2O3/c1-4(8)5(10)9-7(2,3)6(11)12/h4H,8H2,1-3H3,(H,9,10)(H,11,12). The van der Waals surface area contributed by atoms with E-state index in [9.17, 15) is 9.59 Å². The van der Waals surface area contributed by atoms with Crippen molar-refractivity contribution in [3.05, 3.63) is 0 Å². The van der Waals surface area contributed by atoms with Crippen LogP contribution in [0.3, 0.4) is 0 Å². The first-order valence-corrected chi connectivity index (χ1v) is 3.58. The Kier molecular flexibility index (Phi) is 3.21. The molecule has 0 saturated heterocycles. The molecule has 0 heterocycles. The van der Waals surface area contributed by atoms with Crippen LogP contribution in [0.1, 0.15) is 20.8 Å². The molecule has 0 aromatic heterocycles. The van der Waals surface area contributed by atoms with E-state index in [4.69, 9.17) is 10.8 Å². The summed E-state index contributed by atoms with van der Waals surface area (Å²) in [5, 5.41) is 10.9. The van der Waals surface area contributed by atoms with Crippen molar-refractivity contribution in [2.75, 3.05) is 0 Å². The van der Waals surface area contributed by atoms with Crippen LogP contribution in [0.5, 0.6) is 0 Å². The highest BCUT2D eigenvalue weighted by molar-refractivity contribution is 5.88. The van der Waals surface area contributed by atoms with Gasteiger partial charge in [0.15, 0.2) is 0 Å². The normalized spacial score (nSPS) is 13.7. The average Bonchev–Trinajstić information content (AvgIpc) is 1.85. The maximum Gasteiger partial charge on any atom is 0.328 e. The van der Waals surface area contributed by atoms with Crippen LogP contribution >= 0.6 is 0 Å². The molecule has 0 aromatic carbocycles. The van der Waals surface area contributed by atoms with Gasteiger partial charge in [0.1, 0.15) is 5.54 Å². The minimum Gasteiger partial charge on any atom is -0.480 e. The highest BCUT2D eigenvalue weighted by Gasteiger charge is 2.29. The molecular weight excluding hydrogens is 160 g/mol. The van der Waals surface area contributed by atoms with E-state index in [0.29, 0.717) is 0 Å². The molecule has 0 spiro atoms. The van der Waals surface area contributed by atoms with Gasteiger partial charge >= 0.3 is 5.97 Å². The molecule has 0 fully saturated rings. The van der Waals surface area contributed by atoms with Crippen molar-refractivity contribution in [3.63, 3.8) is 0 Å². The van der Waals surface area contributed by atoms with Gasteiger partial charge in [-0.1, -0.05) is 0 Å². The summed E-state index contributed by atoms with van der Waals surface area (Å²) >= 11 is 0. The molecule has 70 valence electrons. The summed E-state index contributed by atoms with van der Waals surface area (Å²) in [5.74, 6) is -1.56. The summed E-state index contributed by atoms with van der Waals surface area (Å²) in [5.41, 5.74) is 3.98. The molecule has 0 aromatic rings. The van der Waals surface area contributed by atoms with Gasteiger partial charge < -0.3 is 16.2 Å². The van der Waals surface area contributed by atoms with E-state index in [-0.39, 0.29) is 0 Å². The summed E-state index contributed by atoms with van der Waals surface area (Å²) in [6.45, 7) is 4.29. The number of carbonyl (C=O) groups excluding carboxylic acids is 1. The number of carboxylic acids is 1. The van der Waals surface area contributed by atoms with Crippen molar-refractivity contribution >= 4 is 11.9 Å². The van der Waals surface area contributed by atoms with Gasteiger partial charge in [-0.25, -0.2) is 4.79 Å². The molecule has 0 aliphatic heterocycles. The lowest BCUT2D eigenvalue weighted by molar-refractivity contribution is -0.146. The zero-order chi connectivity index (χ0) is 9.94. The molecule has 0 rings (SSSR count). The molecule has 5 nitrogen and oxygen atoms in total. The zero-order valence-electron chi connectivity index (χ0n) is 7.42. The van der Waals surface area contributed by atoms with Gasteiger partial charge in [0, 0.05) is 0 Å². The lowest BCUT2D eigenvalue weighted by atomic mass is 10.1. The van der Waals surface area contributed by atoms with E-state index in [0.717, 1.165) is 0 Å². The number of nitrogens with two attached hydrogens (primary N) is 1. The summed E-state index contributed by atoms with van der Waals surface area (Å²) in [7, 11) is 0. The second-order valence-corrected chi connectivity index (χ2v) is 3.21. The number of hydrogen-bond acceptors (Lipinski definition) is 3. The van der Waals surface area contributed by atoms with E-state index in [1.807, 2.05) is 0 Å². The van der Waals surface area contributed by atoms with Crippen LogP contribution in [0.4, 0.5) is 0 Å². The fraction of sp³-hybridized carbons (Fsp3) is 0.714. The minimum absolute atomic E-state index is 0.470. The van der Waals surface area contributed by atoms with E-state index in [1.165, 1.54) is 20.8 Å². The number of carboxylic acid groups (broad SMARTS) is 1. The minimum atomic E-state index is -1.26. The Balaban J connectivity index is 4.25. The number of aliphatic carboxylic acids is 1. The molecule has 5 heteroatoms. The summed E-state index contributed by atoms with van der Waals surface area (Å²) in [6, 6.07) is -0.691. The number of carbonyl (C=O) groups is 2. The maximum absolute atomic E-state index is 11.0. The van der Waals surface area contributed by atoms with Crippen LogP contribution in [-0.2, 0) is 9.59 Å². The van der Waals surface area contributed by atoms with Crippen molar-refractivity contribution in [1.29, 1.82) is 0 Å². The van der Waals surface area contributed by atoms with E-state index in [1.54, 1.807) is 0 Å². The van der Waals surface area contributed by atoms with Gasteiger partial charge in [0.2, 0.25) is 5.91 Å². The van der Waals surface area contributed by atoms with Crippen LogP contribution in [-0.4, -0.2) is 28.6 Å². The van der Waals surface area contributed by atoms with Crippen LogP contribution in [0.25, 0.3) is 0 Å². The Morgan fingerprint density at radius 3 is 2.17 bits per heavy atom. The Morgan fingerprint density at radius 1 is 1.50 bits per heavy atom. The molecule has 0 aliphatic carbocycles. The molecule has 0 aliphatic rings. The van der Waals surface area contributed by atoms with Crippen molar-refractivity contribution in [3.8, 4) is 0 Å². The van der Waals surface area contributed by atoms with Gasteiger partial charge in [-0.2, -0.15) is 0 Å². The predicted octanol–water partition coefficient (Wildman–Crippen LogP) is -0.687. The molecule has 4 N–H and O–H groups in total. The third-order valence-electron chi connectivity index (χ3n) is 1.38. The molecule has 1 unspecified atom stereocenters. The van der Waals surface area contributed by atoms with E-state index >= 15 is 0 Å². The fourth-order valence-electron chi connectivity index (χ4n) is 0.475. The predicted molar refractivity (Wildman–Crippen MR) is 43.5 cm³/mol. The molecule has 0 radical (unpaired) electrons. The first-order chi connectivity index (χ1) is 5.27. The van der Waals surface area contributed by atoms with Crippen LogP contribution in [0.2, 0.25) is 0 Å². The molecular formula is C7H14N2O3. The highest BCUT2D eigenvalue weighted by atomic mass is 16.4. The van der Waals surface area contributed by atoms with Gasteiger partial charge in [-0.05, 0) is 20.8 Å². The molecule has 1 amide bonds. The third kappa shape index (κ3) is 2.87. The topological polar surface area (TPSA) is 92.4 Å². The number of rotatable bonds is 3. The van der Waals surface area contributed by atoms with Crippen LogP contribution in [0.15, 0.2) is 0 Å². The van der Waals surface area contributed by atoms with Gasteiger partial charge in [0.25, 0.3) is 0 Å². The fourth-order valence-corrected chi connectivity index (χ4v) is 0.475. The van der Waals surface area contributed by atoms with Crippen LogP contribution < -0.4 is 11.1 Å². The van der Waals surface area contributed by atoms with E-state index < -0.39 is 23.5 Å². The lowest BCUT2D eigenvalue weighted by Gasteiger charge is -2.21. The molecule has 0 saturated carbocycles. The largest absolute Gasteiger partial charge is 0.480 e. The quantitative estimate of drug-likeness (QED) is 0.528. The van der Waals surface area contributed by atoms with Crippen molar-refractivity contribution in [1.82, 2.24) is 5.32 Å². The second kappa shape index (κ2) is 3.53. The van der Waals surface area contributed by atoms with E-state index in [2.05, 4.69) is 5.32 Å². The molecule has 0 bridgehead atoms. The first kappa shape index (κ1) is 10.9. The number of hydrogen-bond donors (Lipinski definition) is 3. The smallest absolute Gasteiger partial charge is 0.328 e. The molecule has 1 atom stereocenters. The SMILES string of the molecule is CC(N)C(=O)NC(C)(C)C(=O)O. The Labute approximate surface area is 70.9 Å². The van der Waals surface area contributed by atoms with Gasteiger partial charge in [-0.15, -0.1) is 0 Å². The van der Waals surface area contributed by atoms with Crippen molar-refractivity contribution in [2.24, 2.45) is 5.73 Å². The third-order valence-corrected chi connectivity index (χ3v) is 1.38. The number of nitrogens with one attached hydrogen (secondary N) is 1. The highest BCUT2D eigenvalue weighted by Crippen LogP contribution is 2.01. The molecule has 12 heavy (non-hydrogen) atoms. The Bertz CT molecular complexity index is 199. The van der Waals surface area contributed by atoms with Gasteiger partial charge in [-0.3, -0.25) is 4.79 Å². The summed E-state index contributed by atoms with van der Waals surface area (Å²) in [4.78, 5) is 21.5.